The molecule has 1 heteroatoms. The van der Waals surface area contributed by atoms with Gasteiger partial charge in [-0.15, -0.1) is 0 Å². The van der Waals surface area contributed by atoms with Gasteiger partial charge in [0.05, 0.1) is 0 Å². The van der Waals surface area contributed by atoms with E-state index in [9.17, 15) is 4.79 Å². The summed E-state index contributed by atoms with van der Waals surface area (Å²) >= 11 is 0. The molecule has 40 valence electrons. The zero-order valence-electron chi connectivity index (χ0n) is 6.18. The molecule has 0 bridgehead atoms. The topological polar surface area (TPSA) is 17.1 Å². The second kappa shape index (κ2) is 2.10. The van der Waals surface area contributed by atoms with E-state index in [1.54, 1.807) is 0 Å². The molecule has 0 radical (unpaired) electrons. The van der Waals surface area contributed by atoms with Crippen LogP contribution in [-0.4, -0.2) is 5.78 Å². The minimum atomic E-state index is -0.751. The average molecular weight is 100 g/mol. The molecule has 0 amide bonds. The van der Waals surface area contributed by atoms with Crippen molar-refractivity contribution >= 4 is 5.78 Å². The van der Waals surface area contributed by atoms with Crippen LogP contribution in [0, 0.1) is 0 Å². The van der Waals surface area contributed by atoms with E-state index in [-0.39, 0.29) is 5.78 Å². The van der Waals surface area contributed by atoms with Gasteiger partial charge >= 0.3 is 0 Å². The first-order valence-corrected chi connectivity index (χ1v) is 2.59. The summed E-state index contributed by atoms with van der Waals surface area (Å²) in [7, 11) is 0. The molecule has 1 aliphatic carbocycles. The lowest BCUT2D eigenvalue weighted by atomic mass is 10.00. The monoisotopic (exact) mass is 100 g/mol. The summed E-state index contributed by atoms with van der Waals surface area (Å²) in [6.07, 6.45) is 0.844. The number of carbonyl (C=O) groups is 1. The Kier molecular flexibility index (Phi) is 0.857. The van der Waals surface area contributed by atoms with Crippen LogP contribution in [0.1, 0.15) is 34.8 Å². The maximum Gasteiger partial charge on any atom is 0.132 e. The number of hydrogen-bond acceptors (Lipinski definition) is 1. The maximum atomic E-state index is 10.7. The van der Waals surface area contributed by atoms with Crippen molar-refractivity contribution in [3.05, 3.63) is 0 Å². The highest BCUT2D eigenvalue weighted by atomic mass is 16.1. The smallest absolute Gasteiger partial charge is 0.132 e. The third-order valence-electron chi connectivity index (χ3n) is 1.10. The van der Waals surface area contributed by atoms with Gasteiger partial charge in [-0.3, -0.25) is 4.79 Å². The fourth-order valence-corrected chi connectivity index (χ4v) is 0.692. The van der Waals surface area contributed by atoms with Crippen LogP contribution in [0.4, 0.5) is 0 Å². The highest BCUT2D eigenvalue weighted by molar-refractivity contribution is 5.78. The largest absolute Gasteiger partial charge is 0.300 e. The molecule has 0 heterocycles. The number of hydrogen-bond donors (Lipinski definition) is 0. The van der Waals surface area contributed by atoms with Gasteiger partial charge in [-0.2, -0.15) is 0 Å². The van der Waals surface area contributed by atoms with Crippen molar-refractivity contribution in [2.45, 2.75) is 32.1 Å². The minimum Gasteiger partial charge on any atom is -0.300 e. The number of ketones is 1. The fraction of sp³-hybridized carbons (Fsp3) is 0.833. The quantitative estimate of drug-likeness (QED) is 0.451. The summed E-state index contributed by atoms with van der Waals surface area (Å²) in [6, 6.07) is 0. The molecule has 1 rings (SSSR count). The first-order valence-electron chi connectivity index (χ1n) is 3.74. The van der Waals surface area contributed by atoms with Gasteiger partial charge in [-0.25, -0.2) is 0 Å². The van der Waals surface area contributed by atoms with Gasteiger partial charge in [0.25, 0.3) is 0 Å². The summed E-state index contributed by atoms with van der Waals surface area (Å²) in [5, 5.41) is 0. The molecule has 7 heavy (non-hydrogen) atoms. The van der Waals surface area contributed by atoms with Gasteiger partial charge < -0.3 is 0 Å². The van der Waals surface area contributed by atoms with E-state index in [2.05, 4.69) is 0 Å². The van der Waals surface area contributed by atoms with E-state index < -0.39 is 12.8 Å². The SMILES string of the molecule is [2H][C@H]1CCCC(=O)[C@@H]1[2H]. The molecule has 1 aliphatic rings. The Morgan fingerprint density at radius 2 is 2.43 bits per heavy atom. The first kappa shape index (κ1) is 2.85. The standard InChI is InChI=1S/C6H10O/c7-6-4-2-1-3-5-6/h1-5H2/i2D,4D/t2-,4+/m0/s1. The van der Waals surface area contributed by atoms with E-state index >= 15 is 0 Å². The Morgan fingerprint density at radius 1 is 1.57 bits per heavy atom. The molecule has 0 aromatic carbocycles. The normalized spacial score (nSPS) is 47.7. The van der Waals surface area contributed by atoms with E-state index in [0.29, 0.717) is 6.42 Å². The van der Waals surface area contributed by atoms with Crippen molar-refractivity contribution < 1.29 is 7.54 Å². The van der Waals surface area contributed by atoms with Gasteiger partial charge in [-0.05, 0) is 12.8 Å². The number of rotatable bonds is 0. The number of Topliss-reactive ketones (excluding diaryl/α,β-unsaturated/α-hetero) is 1. The van der Waals surface area contributed by atoms with Gasteiger partial charge in [0.1, 0.15) is 5.78 Å². The lowest BCUT2D eigenvalue weighted by Crippen LogP contribution is -2.02. The van der Waals surface area contributed by atoms with E-state index in [1.807, 2.05) is 0 Å². The van der Waals surface area contributed by atoms with Gasteiger partial charge in [-0.1, -0.05) is 6.42 Å². The van der Waals surface area contributed by atoms with Gasteiger partial charge in [0.15, 0.2) is 0 Å². The molecular weight excluding hydrogens is 88.1 g/mol. The van der Waals surface area contributed by atoms with Crippen molar-refractivity contribution in [2.24, 2.45) is 0 Å². The molecular formula is C6H10O. The highest BCUT2D eigenvalue weighted by Gasteiger charge is 2.05. The molecule has 0 N–H and O–H groups in total. The Hall–Kier alpha value is -0.330. The van der Waals surface area contributed by atoms with Crippen molar-refractivity contribution in [2.75, 3.05) is 0 Å². The van der Waals surface area contributed by atoms with Crippen molar-refractivity contribution in [3.8, 4) is 0 Å². The molecule has 0 aromatic heterocycles. The molecule has 0 spiro atoms. The average Bonchev–Trinajstić information content (AvgIpc) is 1.83. The fourth-order valence-electron chi connectivity index (χ4n) is 0.692. The van der Waals surface area contributed by atoms with E-state index in [0.717, 1.165) is 12.8 Å². The van der Waals surface area contributed by atoms with Crippen molar-refractivity contribution in [1.29, 1.82) is 0 Å². The molecule has 0 aromatic rings. The maximum absolute atomic E-state index is 10.7. The molecule has 2 atom stereocenters. The lowest BCUT2D eigenvalue weighted by Gasteiger charge is -2.05. The van der Waals surface area contributed by atoms with Gasteiger partial charge in [0, 0.05) is 15.6 Å². The molecule has 0 unspecified atom stereocenters. The third kappa shape index (κ3) is 1.30. The number of carbonyl (C=O) groups excluding carboxylic acids is 1. The van der Waals surface area contributed by atoms with Crippen LogP contribution < -0.4 is 0 Å². The van der Waals surface area contributed by atoms with E-state index in [1.165, 1.54) is 0 Å². The second-order valence-corrected chi connectivity index (χ2v) is 1.76. The summed E-state index contributed by atoms with van der Waals surface area (Å²) < 4.78 is 14.3. The summed E-state index contributed by atoms with van der Waals surface area (Å²) in [5.74, 6) is -0.0544. The van der Waals surface area contributed by atoms with Crippen LogP contribution >= 0.6 is 0 Å². The van der Waals surface area contributed by atoms with Crippen LogP contribution in [0.15, 0.2) is 0 Å². The van der Waals surface area contributed by atoms with Crippen LogP contribution in [0.5, 0.6) is 0 Å². The van der Waals surface area contributed by atoms with Gasteiger partial charge in [0.2, 0.25) is 0 Å². The summed E-state index contributed by atoms with van der Waals surface area (Å²) in [5.41, 5.74) is 0. The Labute approximate surface area is 46.5 Å². The summed E-state index contributed by atoms with van der Waals surface area (Å²) in [4.78, 5) is 10.7. The highest BCUT2D eigenvalue weighted by Crippen LogP contribution is 2.12. The van der Waals surface area contributed by atoms with Crippen LogP contribution in [-0.2, 0) is 4.79 Å². The molecule has 1 saturated carbocycles. The Bertz CT molecular complexity index is 124. The van der Waals surface area contributed by atoms with Crippen LogP contribution in [0.25, 0.3) is 0 Å². The zero-order valence-corrected chi connectivity index (χ0v) is 4.18. The predicted octanol–water partition coefficient (Wildman–Crippen LogP) is 1.52. The molecule has 1 fully saturated rings. The minimum absolute atomic E-state index is 0.0544. The molecule has 0 saturated heterocycles. The third-order valence-corrected chi connectivity index (χ3v) is 1.10. The predicted molar refractivity (Wildman–Crippen MR) is 28.1 cm³/mol. The van der Waals surface area contributed by atoms with Crippen molar-refractivity contribution in [1.82, 2.24) is 0 Å². The van der Waals surface area contributed by atoms with Crippen molar-refractivity contribution in [3.63, 3.8) is 0 Å². The lowest BCUT2D eigenvalue weighted by molar-refractivity contribution is -0.120. The zero-order chi connectivity index (χ0) is 6.85. The molecule has 1 nitrogen and oxygen atoms in total. The summed E-state index contributed by atoms with van der Waals surface area (Å²) in [6.45, 7) is 0. The first-order chi connectivity index (χ1) is 4.22. The van der Waals surface area contributed by atoms with Crippen LogP contribution in [0.2, 0.25) is 0 Å². The second-order valence-electron chi connectivity index (χ2n) is 1.76. The Morgan fingerprint density at radius 3 is 3.00 bits per heavy atom. The Balaban J connectivity index is 2.51. The molecule has 0 aliphatic heterocycles. The van der Waals surface area contributed by atoms with Crippen LogP contribution in [0.3, 0.4) is 0 Å². The van der Waals surface area contributed by atoms with E-state index in [4.69, 9.17) is 2.74 Å².